The van der Waals surface area contributed by atoms with E-state index in [1.54, 1.807) is 0 Å². The second kappa shape index (κ2) is 13.9. The van der Waals surface area contributed by atoms with Crippen molar-refractivity contribution in [1.29, 1.82) is 0 Å². The summed E-state index contributed by atoms with van der Waals surface area (Å²) in [7, 11) is 2.10. The molecule has 2 aliphatic heterocycles. The normalized spacial score (nSPS) is 19.4. The fraction of sp³-hybridized carbons (Fsp3) is 0.529. The molecule has 5 rings (SSSR count). The summed E-state index contributed by atoms with van der Waals surface area (Å²) in [6.45, 7) is 12.1. The predicted octanol–water partition coefficient (Wildman–Crippen LogP) is 6.76. The van der Waals surface area contributed by atoms with Gasteiger partial charge in [0, 0.05) is 54.6 Å². The third-order valence-electron chi connectivity index (χ3n) is 9.13. The number of nitrogens with zero attached hydrogens (tertiary/aromatic N) is 4. The van der Waals surface area contributed by atoms with E-state index in [-0.39, 0.29) is 40.7 Å². The smallest absolute Gasteiger partial charge is 0.229 e. The number of piperidine rings is 2. The van der Waals surface area contributed by atoms with Crippen molar-refractivity contribution < 1.29 is 22.6 Å². The van der Waals surface area contributed by atoms with Gasteiger partial charge in [0.15, 0.2) is 29.0 Å². The van der Waals surface area contributed by atoms with Crippen LogP contribution in [0.4, 0.5) is 30.6 Å². The Morgan fingerprint density at radius 3 is 2.22 bits per heavy atom. The minimum Gasteiger partial charge on any atom is -0.484 e. The summed E-state index contributed by atoms with van der Waals surface area (Å²) in [6.07, 6.45) is 3.65. The summed E-state index contributed by atoms with van der Waals surface area (Å²) in [4.78, 5) is 12.9. The number of hydrogen-bond donors (Lipinski definition) is 2. The molecule has 0 aliphatic carbocycles. The molecule has 3 aromatic rings. The SMILES string of the molecule is CN1C(C)(C)CC(Nc2nc(Nc3cc(F)c(OC4CCN(CCOCc5ccccc5)CC4)c(F)c3)ncc2F)CC1(C)C. The first-order chi connectivity index (χ1) is 21.4. The maximum atomic E-state index is 15.1. The molecule has 2 N–H and O–H groups in total. The molecule has 11 heteroatoms. The quantitative estimate of drug-likeness (QED) is 0.226. The molecule has 45 heavy (non-hydrogen) atoms. The van der Waals surface area contributed by atoms with Crippen LogP contribution >= 0.6 is 0 Å². The number of nitrogens with one attached hydrogen (secondary N) is 2. The van der Waals surface area contributed by atoms with E-state index in [4.69, 9.17) is 9.47 Å². The van der Waals surface area contributed by atoms with E-state index in [0.717, 1.165) is 56.4 Å². The van der Waals surface area contributed by atoms with Crippen molar-refractivity contribution in [3.05, 3.63) is 71.7 Å². The highest BCUT2D eigenvalue weighted by Gasteiger charge is 2.43. The van der Waals surface area contributed by atoms with Gasteiger partial charge in [-0.3, -0.25) is 4.90 Å². The summed E-state index contributed by atoms with van der Waals surface area (Å²) in [5, 5.41) is 6.05. The summed E-state index contributed by atoms with van der Waals surface area (Å²) in [5.74, 6) is -2.58. The average Bonchev–Trinajstić information content (AvgIpc) is 2.99. The number of hydrogen-bond acceptors (Lipinski definition) is 8. The summed E-state index contributed by atoms with van der Waals surface area (Å²) in [6, 6.07) is 12.3. The third-order valence-corrected chi connectivity index (χ3v) is 9.13. The maximum Gasteiger partial charge on any atom is 0.229 e. The first-order valence-corrected chi connectivity index (χ1v) is 15.7. The Morgan fingerprint density at radius 1 is 0.933 bits per heavy atom. The highest BCUT2D eigenvalue weighted by atomic mass is 19.1. The van der Waals surface area contributed by atoms with Crippen molar-refractivity contribution in [3.8, 4) is 5.75 Å². The molecule has 2 aliphatic rings. The second-order valence-electron chi connectivity index (χ2n) is 13.4. The van der Waals surface area contributed by atoms with Gasteiger partial charge in [0.25, 0.3) is 0 Å². The Morgan fingerprint density at radius 2 is 1.58 bits per heavy atom. The van der Waals surface area contributed by atoms with Gasteiger partial charge in [0.05, 0.1) is 19.4 Å². The van der Waals surface area contributed by atoms with Crippen molar-refractivity contribution >= 4 is 17.5 Å². The Balaban J connectivity index is 1.13. The fourth-order valence-corrected chi connectivity index (χ4v) is 6.44. The molecule has 0 amide bonds. The first-order valence-electron chi connectivity index (χ1n) is 15.7. The molecule has 0 saturated carbocycles. The Hall–Kier alpha value is -3.41. The van der Waals surface area contributed by atoms with Crippen LogP contribution in [-0.2, 0) is 11.3 Å². The Bertz CT molecular complexity index is 1390. The van der Waals surface area contributed by atoms with E-state index < -0.39 is 23.2 Å². The van der Waals surface area contributed by atoms with Crippen LogP contribution in [-0.4, -0.2) is 76.3 Å². The molecule has 0 atom stereocenters. The summed E-state index contributed by atoms with van der Waals surface area (Å²) >= 11 is 0. The van der Waals surface area contributed by atoms with E-state index in [1.165, 1.54) is 0 Å². The lowest BCUT2D eigenvalue weighted by atomic mass is 9.77. The number of likely N-dealkylation sites (tertiary alicyclic amines) is 2. The van der Waals surface area contributed by atoms with Crippen LogP contribution in [0.2, 0.25) is 0 Å². The molecule has 0 unspecified atom stereocenters. The van der Waals surface area contributed by atoms with Crippen LogP contribution in [0, 0.1) is 17.5 Å². The molecule has 244 valence electrons. The predicted molar refractivity (Wildman–Crippen MR) is 170 cm³/mol. The summed E-state index contributed by atoms with van der Waals surface area (Å²) < 4.78 is 56.4. The number of halogens is 3. The van der Waals surface area contributed by atoms with E-state index in [9.17, 15) is 4.39 Å². The molecular formula is C34H45F3N6O2. The van der Waals surface area contributed by atoms with Crippen molar-refractivity contribution in [2.45, 2.75) is 83.2 Å². The molecule has 2 aromatic carbocycles. The van der Waals surface area contributed by atoms with Gasteiger partial charge < -0.3 is 25.0 Å². The van der Waals surface area contributed by atoms with Gasteiger partial charge >= 0.3 is 0 Å². The number of aromatic nitrogens is 2. The average molecular weight is 627 g/mol. The number of benzene rings is 2. The van der Waals surface area contributed by atoms with Gasteiger partial charge in [-0.15, -0.1) is 0 Å². The Kier molecular flexibility index (Phi) is 10.2. The van der Waals surface area contributed by atoms with Crippen molar-refractivity contribution in [2.75, 3.05) is 43.9 Å². The number of ether oxygens (including phenoxy) is 2. The molecule has 0 bridgehead atoms. The lowest BCUT2D eigenvalue weighted by molar-refractivity contribution is -0.00778. The fourth-order valence-electron chi connectivity index (χ4n) is 6.44. The first kappa shape index (κ1) is 33.0. The van der Waals surface area contributed by atoms with Gasteiger partial charge in [-0.1, -0.05) is 30.3 Å². The minimum atomic E-state index is -0.828. The Labute approximate surface area is 264 Å². The lowest BCUT2D eigenvalue weighted by Crippen LogP contribution is -2.61. The van der Waals surface area contributed by atoms with E-state index >= 15 is 8.78 Å². The van der Waals surface area contributed by atoms with Crippen molar-refractivity contribution in [1.82, 2.24) is 19.8 Å². The van der Waals surface area contributed by atoms with Crippen molar-refractivity contribution in [2.24, 2.45) is 0 Å². The molecule has 0 spiro atoms. The molecule has 3 heterocycles. The highest BCUT2D eigenvalue weighted by Crippen LogP contribution is 2.38. The van der Waals surface area contributed by atoms with E-state index in [1.807, 2.05) is 30.3 Å². The maximum absolute atomic E-state index is 15.1. The van der Waals surface area contributed by atoms with Gasteiger partial charge in [-0.25, -0.2) is 18.2 Å². The second-order valence-corrected chi connectivity index (χ2v) is 13.4. The van der Waals surface area contributed by atoms with Crippen LogP contribution in [0.5, 0.6) is 5.75 Å². The topological polar surface area (TPSA) is 74.8 Å². The van der Waals surface area contributed by atoms with Gasteiger partial charge in [-0.05, 0) is 66.0 Å². The molecule has 2 saturated heterocycles. The van der Waals surface area contributed by atoms with Crippen LogP contribution in [0.25, 0.3) is 0 Å². The van der Waals surface area contributed by atoms with Gasteiger partial charge in [0.1, 0.15) is 6.10 Å². The third kappa shape index (κ3) is 8.45. The molecule has 1 aromatic heterocycles. The largest absolute Gasteiger partial charge is 0.484 e. The molecular weight excluding hydrogens is 581 g/mol. The monoisotopic (exact) mass is 626 g/mol. The molecule has 0 radical (unpaired) electrons. The zero-order chi connectivity index (χ0) is 32.2. The number of anilines is 3. The zero-order valence-electron chi connectivity index (χ0n) is 26.9. The van der Waals surface area contributed by atoms with Gasteiger partial charge in [-0.2, -0.15) is 4.98 Å². The highest BCUT2D eigenvalue weighted by molar-refractivity contribution is 5.57. The van der Waals surface area contributed by atoms with Crippen molar-refractivity contribution in [3.63, 3.8) is 0 Å². The van der Waals surface area contributed by atoms with Crippen LogP contribution in [0.15, 0.2) is 48.7 Å². The molecule has 8 nitrogen and oxygen atoms in total. The minimum absolute atomic E-state index is 0.0189. The lowest BCUT2D eigenvalue weighted by Gasteiger charge is -2.53. The van der Waals surface area contributed by atoms with Crippen LogP contribution < -0.4 is 15.4 Å². The van der Waals surface area contributed by atoms with Gasteiger partial charge in [0.2, 0.25) is 5.95 Å². The van der Waals surface area contributed by atoms with E-state index in [0.29, 0.717) is 26.1 Å². The molecule has 2 fully saturated rings. The summed E-state index contributed by atoms with van der Waals surface area (Å²) in [5.41, 5.74) is 1.04. The standard InChI is InChI=1S/C34H45F3N6O2/c1-33(2)19-25(20-34(3,4)42(33)5)39-31-29(37)21-38-32(41-31)40-24-17-27(35)30(28(36)18-24)45-26-11-13-43(14-12-26)15-16-44-22-23-9-7-6-8-10-23/h6-10,17-18,21,25-26H,11-16,19-20,22H2,1-5H3,(H2,38,39,40,41). The van der Waals surface area contributed by atoms with E-state index in [2.05, 4.69) is 65.1 Å². The van der Waals surface area contributed by atoms with Crippen LogP contribution in [0.1, 0.15) is 58.9 Å². The zero-order valence-corrected chi connectivity index (χ0v) is 26.9. The number of rotatable bonds is 11. The van der Waals surface area contributed by atoms with Crippen LogP contribution in [0.3, 0.4) is 0 Å².